The topological polar surface area (TPSA) is 48.3 Å². The molecule has 0 atom stereocenters. The predicted octanol–water partition coefficient (Wildman–Crippen LogP) is 4.01. The van der Waals surface area contributed by atoms with Gasteiger partial charge in [0.25, 0.3) is 0 Å². The SMILES string of the molecule is CCO/N=C(\c1ccc(Br)cc1)C1CCN(C2(S)CCN(O)CC2)CC1. The number of nitrogens with zero attached hydrogens (tertiary/aromatic N) is 3. The van der Waals surface area contributed by atoms with Crippen LogP contribution < -0.4 is 0 Å². The minimum atomic E-state index is -0.0982. The Bertz CT molecular complexity index is 610. The molecule has 144 valence electrons. The number of hydrogen-bond acceptors (Lipinski definition) is 6. The van der Waals surface area contributed by atoms with Crippen molar-refractivity contribution in [3.05, 3.63) is 34.3 Å². The van der Waals surface area contributed by atoms with Crippen LogP contribution in [0.5, 0.6) is 0 Å². The fourth-order valence-electron chi connectivity index (χ4n) is 3.86. The zero-order chi connectivity index (χ0) is 18.6. The third-order valence-electron chi connectivity index (χ3n) is 5.44. The summed E-state index contributed by atoms with van der Waals surface area (Å²) in [6, 6.07) is 8.31. The average molecular weight is 442 g/mol. The van der Waals surface area contributed by atoms with E-state index < -0.39 is 0 Å². The van der Waals surface area contributed by atoms with Crippen molar-refractivity contribution in [2.24, 2.45) is 11.1 Å². The highest BCUT2D eigenvalue weighted by Crippen LogP contribution is 2.36. The van der Waals surface area contributed by atoms with Gasteiger partial charge in [0.15, 0.2) is 0 Å². The molecule has 2 aliphatic heterocycles. The second-order valence-electron chi connectivity index (χ2n) is 7.10. The number of hydrogen-bond donors (Lipinski definition) is 2. The van der Waals surface area contributed by atoms with Gasteiger partial charge < -0.3 is 10.0 Å². The van der Waals surface area contributed by atoms with Crippen molar-refractivity contribution < 1.29 is 10.0 Å². The van der Waals surface area contributed by atoms with Crippen LogP contribution in [0.4, 0.5) is 0 Å². The summed E-state index contributed by atoms with van der Waals surface area (Å²) in [5.74, 6) is 0.397. The van der Waals surface area contributed by atoms with Crippen LogP contribution in [0.2, 0.25) is 0 Å². The lowest BCUT2D eigenvalue weighted by Gasteiger charge is -2.47. The van der Waals surface area contributed by atoms with Crippen LogP contribution in [0.3, 0.4) is 0 Å². The van der Waals surface area contributed by atoms with Gasteiger partial charge in [0, 0.05) is 36.6 Å². The fraction of sp³-hybridized carbons (Fsp3) is 0.632. The molecule has 0 unspecified atom stereocenters. The molecule has 0 aromatic heterocycles. The van der Waals surface area contributed by atoms with Crippen molar-refractivity contribution in [1.29, 1.82) is 0 Å². The molecule has 0 amide bonds. The first-order chi connectivity index (χ1) is 12.5. The van der Waals surface area contributed by atoms with E-state index in [-0.39, 0.29) is 4.87 Å². The molecular formula is C19H28BrN3O2S. The number of piperidine rings is 2. The molecule has 1 N–H and O–H groups in total. The van der Waals surface area contributed by atoms with Crippen molar-refractivity contribution in [2.45, 2.75) is 37.5 Å². The molecule has 3 rings (SSSR count). The molecule has 0 aliphatic carbocycles. The van der Waals surface area contributed by atoms with Gasteiger partial charge >= 0.3 is 0 Å². The van der Waals surface area contributed by atoms with Gasteiger partial charge in [-0.25, -0.2) is 0 Å². The van der Waals surface area contributed by atoms with Crippen LogP contribution in [0.15, 0.2) is 33.9 Å². The molecular weight excluding hydrogens is 414 g/mol. The van der Waals surface area contributed by atoms with Gasteiger partial charge in [-0.15, -0.1) is 0 Å². The summed E-state index contributed by atoms with van der Waals surface area (Å²) >= 11 is 8.48. The Labute approximate surface area is 169 Å². The van der Waals surface area contributed by atoms with E-state index in [0.717, 1.165) is 54.5 Å². The van der Waals surface area contributed by atoms with Crippen LogP contribution >= 0.6 is 28.6 Å². The zero-order valence-electron chi connectivity index (χ0n) is 15.3. The Morgan fingerprint density at radius 2 is 1.85 bits per heavy atom. The van der Waals surface area contributed by atoms with Crippen LogP contribution in [-0.4, -0.2) is 58.5 Å². The first-order valence-electron chi connectivity index (χ1n) is 9.39. The number of thiol groups is 1. The van der Waals surface area contributed by atoms with E-state index >= 15 is 0 Å². The predicted molar refractivity (Wildman–Crippen MR) is 111 cm³/mol. The van der Waals surface area contributed by atoms with Crippen molar-refractivity contribution in [2.75, 3.05) is 32.8 Å². The Morgan fingerprint density at radius 1 is 1.23 bits per heavy atom. The largest absolute Gasteiger partial charge is 0.396 e. The summed E-state index contributed by atoms with van der Waals surface area (Å²) in [5, 5.41) is 15.5. The lowest BCUT2D eigenvalue weighted by molar-refractivity contribution is -0.121. The summed E-state index contributed by atoms with van der Waals surface area (Å²) in [6.07, 6.45) is 3.88. The van der Waals surface area contributed by atoms with E-state index in [0.29, 0.717) is 25.6 Å². The van der Waals surface area contributed by atoms with E-state index in [4.69, 9.17) is 17.5 Å². The van der Waals surface area contributed by atoms with E-state index in [1.807, 2.05) is 6.92 Å². The molecule has 2 heterocycles. The molecule has 7 heteroatoms. The molecule has 0 spiro atoms. The molecule has 2 fully saturated rings. The second kappa shape index (κ2) is 9.06. The lowest BCUT2D eigenvalue weighted by Crippen LogP contribution is -2.54. The Hall–Kier alpha value is -0.600. The first-order valence-corrected chi connectivity index (χ1v) is 10.6. The molecule has 5 nitrogen and oxygen atoms in total. The van der Waals surface area contributed by atoms with Crippen molar-refractivity contribution in [3.8, 4) is 0 Å². The van der Waals surface area contributed by atoms with Crippen molar-refractivity contribution in [1.82, 2.24) is 9.96 Å². The maximum absolute atomic E-state index is 9.63. The number of rotatable bonds is 5. The van der Waals surface area contributed by atoms with Gasteiger partial charge in [-0.05, 0) is 50.3 Å². The number of benzene rings is 1. The maximum atomic E-state index is 9.63. The minimum Gasteiger partial charge on any atom is -0.396 e. The number of hydroxylamine groups is 2. The van der Waals surface area contributed by atoms with Crippen LogP contribution in [0.25, 0.3) is 0 Å². The summed E-state index contributed by atoms with van der Waals surface area (Å²) in [6.45, 7) is 5.93. The van der Waals surface area contributed by atoms with Gasteiger partial charge in [-0.1, -0.05) is 33.2 Å². The maximum Gasteiger partial charge on any atom is 0.114 e. The van der Waals surface area contributed by atoms with Gasteiger partial charge in [-0.2, -0.15) is 17.7 Å². The number of likely N-dealkylation sites (tertiary alicyclic amines) is 1. The van der Waals surface area contributed by atoms with Crippen molar-refractivity contribution in [3.63, 3.8) is 0 Å². The normalized spacial score (nSPS) is 23.2. The van der Waals surface area contributed by atoms with Crippen molar-refractivity contribution >= 4 is 34.3 Å². The van der Waals surface area contributed by atoms with Gasteiger partial charge in [0.2, 0.25) is 0 Å². The lowest BCUT2D eigenvalue weighted by atomic mass is 9.87. The summed E-state index contributed by atoms with van der Waals surface area (Å²) in [5.41, 5.74) is 2.19. The minimum absolute atomic E-state index is 0.0982. The molecule has 1 aromatic rings. The van der Waals surface area contributed by atoms with E-state index in [9.17, 15) is 5.21 Å². The highest BCUT2D eigenvalue weighted by molar-refractivity contribution is 9.10. The van der Waals surface area contributed by atoms with Crippen LogP contribution in [0, 0.1) is 5.92 Å². The summed E-state index contributed by atoms with van der Waals surface area (Å²) < 4.78 is 1.07. The van der Waals surface area contributed by atoms with Gasteiger partial charge in [0.05, 0.1) is 10.6 Å². The molecule has 2 saturated heterocycles. The summed E-state index contributed by atoms with van der Waals surface area (Å²) in [7, 11) is 0. The molecule has 2 aliphatic rings. The fourth-order valence-corrected chi connectivity index (χ4v) is 4.52. The Balaban J connectivity index is 1.67. The molecule has 0 bridgehead atoms. The van der Waals surface area contributed by atoms with Gasteiger partial charge in [0.1, 0.15) is 6.61 Å². The number of oxime groups is 1. The average Bonchev–Trinajstić information content (AvgIpc) is 2.66. The molecule has 0 radical (unpaired) electrons. The third-order valence-corrected chi connectivity index (χ3v) is 6.70. The zero-order valence-corrected chi connectivity index (χ0v) is 17.8. The highest BCUT2D eigenvalue weighted by Gasteiger charge is 2.39. The smallest absolute Gasteiger partial charge is 0.114 e. The number of halogens is 1. The quantitative estimate of drug-likeness (QED) is 0.411. The Morgan fingerprint density at radius 3 is 2.42 bits per heavy atom. The highest BCUT2D eigenvalue weighted by atomic mass is 79.9. The van der Waals surface area contributed by atoms with E-state index in [1.54, 1.807) is 0 Å². The van der Waals surface area contributed by atoms with E-state index in [1.165, 1.54) is 5.06 Å². The van der Waals surface area contributed by atoms with E-state index in [2.05, 4.69) is 50.3 Å². The second-order valence-corrected chi connectivity index (χ2v) is 8.85. The van der Waals surface area contributed by atoms with Crippen LogP contribution in [0.1, 0.15) is 38.2 Å². The Kier molecular flexibility index (Phi) is 7.02. The van der Waals surface area contributed by atoms with Crippen LogP contribution in [-0.2, 0) is 4.84 Å². The monoisotopic (exact) mass is 441 g/mol. The van der Waals surface area contributed by atoms with Gasteiger partial charge in [-0.3, -0.25) is 4.90 Å². The summed E-state index contributed by atoms with van der Waals surface area (Å²) in [4.78, 5) is 7.81. The first kappa shape index (κ1) is 20.1. The standard InChI is InChI=1S/C19H28BrN3O2S/c1-2-25-21-18(15-3-5-17(20)6-4-15)16-7-11-22(12-8-16)19(26)9-13-23(24)14-10-19/h3-6,16,24,26H,2,7-14H2,1H3/b21-18+. The molecule has 0 saturated carbocycles. The third kappa shape index (κ3) is 4.81. The molecule has 1 aromatic carbocycles. The molecule has 26 heavy (non-hydrogen) atoms.